The Kier molecular flexibility index (Phi) is 6.78. The summed E-state index contributed by atoms with van der Waals surface area (Å²) in [5.74, 6) is 0.736. The highest BCUT2D eigenvalue weighted by Gasteiger charge is 2.12. The summed E-state index contributed by atoms with van der Waals surface area (Å²) >= 11 is 13.7. The monoisotopic (exact) mass is 417 g/mol. The first-order valence-electron chi connectivity index (χ1n) is 8.53. The number of halogens is 2. The number of hydrogen-bond donors (Lipinski definition) is 0. The number of aryl methyl sites for hydroxylation is 1. The maximum absolute atomic E-state index is 13.0. The second-order valence-electron chi connectivity index (χ2n) is 5.96. The molecule has 4 nitrogen and oxygen atoms in total. The molecular weight excluding hydrogens is 401 g/mol. The minimum atomic E-state index is -0.0616. The molecule has 0 saturated heterocycles. The molecule has 0 aliphatic rings. The second kappa shape index (κ2) is 9.27. The van der Waals surface area contributed by atoms with E-state index in [-0.39, 0.29) is 5.56 Å². The molecule has 0 aliphatic heterocycles. The minimum absolute atomic E-state index is 0.0616. The van der Waals surface area contributed by atoms with Crippen molar-refractivity contribution in [2.75, 3.05) is 5.75 Å². The molecule has 0 aliphatic carbocycles. The Hall–Kier alpha value is -2.00. The molecule has 0 fully saturated rings. The van der Waals surface area contributed by atoms with Gasteiger partial charge in [0.05, 0.1) is 17.0 Å². The lowest BCUT2D eigenvalue weighted by Crippen LogP contribution is -2.24. The number of fused-ring (bicyclic) bond motifs is 1. The van der Waals surface area contributed by atoms with Crippen molar-refractivity contribution in [1.82, 2.24) is 9.55 Å². The van der Waals surface area contributed by atoms with E-state index in [1.807, 2.05) is 24.3 Å². The largest absolute Gasteiger partial charge is 0.287 e. The number of nitrogens with zero attached hydrogens (tertiary/aromatic N) is 3. The van der Waals surface area contributed by atoms with Gasteiger partial charge in [0.1, 0.15) is 0 Å². The third-order valence-electron chi connectivity index (χ3n) is 4.11. The Bertz CT molecular complexity index is 1060. The normalized spacial score (nSPS) is 10.9. The van der Waals surface area contributed by atoms with E-state index >= 15 is 0 Å². The van der Waals surface area contributed by atoms with E-state index in [0.717, 1.165) is 17.7 Å². The average Bonchev–Trinajstić information content (AvgIpc) is 2.66. The third kappa shape index (κ3) is 4.84. The third-order valence-corrected chi connectivity index (χ3v) is 5.76. The van der Waals surface area contributed by atoms with Crippen molar-refractivity contribution in [1.29, 1.82) is 5.26 Å². The molecule has 7 heteroatoms. The quantitative estimate of drug-likeness (QED) is 0.295. The molecule has 3 rings (SSSR count). The van der Waals surface area contributed by atoms with Crippen LogP contribution in [0.5, 0.6) is 0 Å². The number of hydrogen-bond acceptors (Lipinski definition) is 4. The average molecular weight is 418 g/mol. The fourth-order valence-electron chi connectivity index (χ4n) is 2.73. The van der Waals surface area contributed by atoms with Crippen molar-refractivity contribution in [2.45, 2.75) is 31.0 Å². The molecular formula is C20H17Cl2N3OS. The summed E-state index contributed by atoms with van der Waals surface area (Å²) in [4.78, 5) is 17.7. The first-order valence-corrected chi connectivity index (χ1v) is 10.3. The van der Waals surface area contributed by atoms with Gasteiger partial charge >= 0.3 is 0 Å². The van der Waals surface area contributed by atoms with Crippen molar-refractivity contribution >= 4 is 45.9 Å². The van der Waals surface area contributed by atoms with E-state index in [2.05, 4.69) is 11.1 Å². The van der Waals surface area contributed by atoms with Gasteiger partial charge in [-0.15, -0.1) is 0 Å². The molecule has 0 amide bonds. The van der Waals surface area contributed by atoms with E-state index in [1.165, 1.54) is 11.8 Å². The first kappa shape index (κ1) is 19.8. The van der Waals surface area contributed by atoms with Crippen LogP contribution in [0.15, 0.2) is 52.4 Å². The van der Waals surface area contributed by atoms with Crippen LogP contribution in [-0.2, 0) is 13.0 Å². The number of nitriles is 1. The number of para-hydroxylation sites is 1. The van der Waals surface area contributed by atoms with Gasteiger partial charge in [0.25, 0.3) is 5.56 Å². The maximum atomic E-state index is 13.0. The standard InChI is InChI=1S/C20H17Cl2N3OS/c21-15-8-7-14(17(22)13-15)9-11-25-19(26)16-5-1-2-6-18(16)24-20(25)27-12-4-3-10-23/h1-2,5-8,13H,3-4,9,11-12H2. The van der Waals surface area contributed by atoms with Crippen molar-refractivity contribution in [3.05, 3.63) is 68.4 Å². The summed E-state index contributed by atoms with van der Waals surface area (Å²) in [6, 6.07) is 14.9. The van der Waals surface area contributed by atoms with Crippen molar-refractivity contribution in [2.24, 2.45) is 0 Å². The van der Waals surface area contributed by atoms with Crippen LogP contribution in [0.4, 0.5) is 0 Å². The molecule has 1 aromatic heterocycles. The number of benzene rings is 2. The predicted octanol–water partition coefficient (Wildman–Crippen LogP) is 5.34. The van der Waals surface area contributed by atoms with Gasteiger partial charge in [-0.1, -0.05) is 53.2 Å². The summed E-state index contributed by atoms with van der Waals surface area (Å²) in [7, 11) is 0. The van der Waals surface area contributed by atoms with Gasteiger partial charge in [0.15, 0.2) is 5.16 Å². The van der Waals surface area contributed by atoms with Gasteiger partial charge < -0.3 is 0 Å². The van der Waals surface area contributed by atoms with Crippen LogP contribution in [-0.4, -0.2) is 15.3 Å². The summed E-state index contributed by atoms with van der Waals surface area (Å²) in [5.41, 5.74) is 1.56. The molecule has 0 radical (unpaired) electrons. The maximum Gasteiger partial charge on any atom is 0.262 e. The molecule has 0 spiro atoms. The van der Waals surface area contributed by atoms with Gasteiger partial charge in [-0.25, -0.2) is 4.98 Å². The molecule has 2 aromatic carbocycles. The number of thioether (sulfide) groups is 1. The van der Waals surface area contributed by atoms with Crippen LogP contribution in [0.1, 0.15) is 18.4 Å². The number of rotatable bonds is 7. The highest BCUT2D eigenvalue weighted by atomic mass is 35.5. The van der Waals surface area contributed by atoms with Crippen molar-refractivity contribution in [3.8, 4) is 6.07 Å². The zero-order valence-electron chi connectivity index (χ0n) is 14.5. The van der Waals surface area contributed by atoms with Crippen LogP contribution < -0.4 is 5.56 Å². The van der Waals surface area contributed by atoms with Crippen LogP contribution in [0.2, 0.25) is 10.0 Å². The summed E-state index contributed by atoms with van der Waals surface area (Å²) in [5, 5.41) is 11.1. The Morgan fingerprint density at radius 2 is 2.00 bits per heavy atom. The lowest BCUT2D eigenvalue weighted by molar-refractivity contribution is 0.595. The van der Waals surface area contributed by atoms with Gasteiger partial charge in [0, 0.05) is 28.8 Å². The highest BCUT2D eigenvalue weighted by Crippen LogP contribution is 2.23. The van der Waals surface area contributed by atoms with E-state index in [4.69, 9.17) is 28.5 Å². The zero-order valence-corrected chi connectivity index (χ0v) is 16.8. The van der Waals surface area contributed by atoms with Gasteiger partial charge in [-0.05, 0) is 42.7 Å². The summed E-state index contributed by atoms with van der Waals surface area (Å²) < 4.78 is 1.70. The van der Waals surface area contributed by atoms with Crippen molar-refractivity contribution in [3.63, 3.8) is 0 Å². The minimum Gasteiger partial charge on any atom is -0.287 e. The second-order valence-corrected chi connectivity index (χ2v) is 7.87. The molecule has 27 heavy (non-hydrogen) atoms. The molecule has 0 N–H and O–H groups in total. The first-order chi connectivity index (χ1) is 13.1. The van der Waals surface area contributed by atoms with Gasteiger partial charge in [-0.2, -0.15) is 5.26 Å². The summed E-state index contributed by atoms with van der Waals surface area (Å²) in [6.07, 6.45) is 1.85. The fourth-order valence-corrected chi connectivity index (χ4v) is 4.19. The molecule has 0 unspecified atom stereocenters. The Morgan fingerprint density at radius 1 is 1.19 bits per heavy atom. The van der Waals surface area contributed by atoms with E-state index < -0.39 is 0 Å². The van der Waals surface area contributed by atoms with Gasteiger partial charge in [-0.3, -0.25) is 9.36 Å². The molecule has 0 saturated carbocycles. The van der Waals surface area contributed by atoms with Crippen LogP contribution in [0.3, 0.4) is 0 Å². The topological polar surface area (TPSA) is 58.7 Å². The molecule has 0 bridgehead atoms. The lowest BCUT2D eigenvalue weighted by atomic mass is 10.1. The van der Waals surface area contributed by atoms with Crippen LogP contribution in [0.25, 0.3) is 10.9 Å². The predicted molar refractivity (Wildman–Crippen MR) is 112 cm³/mol. The SMILES string of the molecule is N#CCCCSc1nc2ccccc2c(=O)n1CCc1ccc(Cl)cc1Cl. The van der Waals surface area contributed by atoms with Crippen LogP contribution >= 0.6 is 35.0 Å². The Morgan fingerprint density at radius 3 is 2.78 bits per heavy atom. The molecule has 3 aromatic rings. The Balaban J connectivity index is 1.92. The smallest absolute Gasteiger partial charge is 0.262 e. The zero-order chi connectivity index (χ0) is 19.2. The Labute approximate surface area is 171 Å². The van der Waals surface area contributed by atoms with Crippen molar-refractivity contribution < 1.29 is 0 Å². The van der Waals surface area contributed by atoms with E-state index in [9.17, 15) is 4.79 Å². The highest BCUT2D eigenvalue weighted by molar-refractivity contribution is 7.99. The van der Waals surface area contributed by atoms with E-state index in [0.29, 0.717) is 45.5 Å². The molecule has 0 atom stereocenters. The van der Waals surface area contributed by atoms with E-state index in [1.54, 1.807) is 22.8 Å². The van der Waals surface area contributed by atoms with Crippen LogP contribution in [0, 0.1) is 11.3 Å². The lowest BCUT2D eigenvalue weighted by Gasteiger charge is -2.13. The summed E-state index contributed by atoms with van der Waals surface area (Å²) in [6.45, 7) is 0.471. The molecule has 138 valence electrons. The van der Waals surface area contributed by atoms with Gasteiger partial charge in [0.2, 0.25) is 0 Å². The number of aromatic nitrogens is 2. The number of unbranched alkanes of at least 4 members (excludes halogenated alkanes) is 1. The molecule has 1 heterocycles. The fraction of sp³-hybridized carbons (Fsp3) is 0.250.